The molecule has 7 heterocycles. The van der Waals surface area contributed by atoms with E-state index in [0.29, 0.717) is 53.7 Å². The van der Waals surface area contributed by atoms with Gasteiger partial charge < -0.3 is 25.3 Å². The fourth-order valence-corrected chi connectivity index (χ4v) is 9.99. The molecule has 324 valence electrons. The van der Waals surface area contributed by atoms with Crippen LogP contribution in [0.4, 0.5) is 14.5 Å². The highest BCUT2D eigenvalue weighted by Crippen LogP contribution is 2.38. The maximum atomic E-state index is 14.4. The van der Waals surface area contributed by atoms with Gasteiger partial charge in [0, 0.05) is 90.5 Å². The van der Waals surface area contributed by atoms with Crippen molar-refractivity contribution in [3.8, 4) is 17.0 Å². The second-order valence-corrected chi connectivity index (χ2v) is 18.3. The molecule has 62 heavy (non-hydrogen) atoms. The highest BCUT2D eigenvalue weighted by atomic mass is 19.3. The Labute approximate surface area is 359 Å². The molecule has 0 aliphatic carbocycles. The van der Waals surface area contributed by atoms with E-state index in [1.54, 1.807) is 23.2 Å². The van der Waals surface area contributed by atoms with Gasteiger partial charge in [0.15, 0.2) is 0 Å². The Kier molecular flexibility index (Phi) is 11.3. The van der Waals surface area contributed by atoms with Crippen molar-refractivity contribution in [1.82, 2.24) is 30.1 Å². The van der Waals surface area contributed by atoms with Gasteiger partial charge in [0.05, 0.1) is 5.69 Å². The third-order valence-corrected chi connectivity index (χ3v) is 13.0. The minimum atomic E-state index is -2.83. The molecule has 4 N–H and O–H groups in total. The van der Waals surface area contributed by atoms with Crippen LogP contribution in [0, 0.1) is 11.8 Å². The zero-order valence-corrected chi connectivity index (χ0v) is 35.6. The van der Waals surface area contributed by atoms with Crippen molar-refractivity contribution in [3.05, 3.63) is 89.3 Å². The molecule has 2 aromatic carbocycles. The van der Waals surface area contributed by atoms with Crippen LogP contribution in [0.15, 0.2) is 66.9 Å². The lowest BCUT2D eigenvalue weighted by molar-refractivity contribution is -0.136. The monoisotopic (exact) mass is 844 g/mol. The quantitative estimate of drug-likeness (QED) is 0.108. The van der Waals surface area contributed by atoms with Crippen LogP contribution in [0.5, 0.6) is 5.75 Å². The number of carbonyl (C=O) groups is 3. The highest BCUT2D eigenvalue weighted by Gasteiger charge is 2.39. The van der Waals surface area contributed by atoms with Gasteiger partial charge in [0.2, 0.25) is 11.8 Å². The lowest BCUT2D eigenvalue weighted by Gasteiger charge is -2.37. The van der Waals surface area contributed by atoms with Crippen molar-refractivity contribution in [3.63, 3.8) is 0 Å². The first-order valence-corrected chi connectivity index (χ1v) is 21.9. The number of hydrogen-bond acceptors (Lipinski definition) is 9. The number of hydrogen-bond donors (Lipinski definition) is 3. The molecule has 4 aliphatic rings. The Morgan fingerprint density at radius 3 is 2.53 bits per heavy atom. The van der Waals surface area contributed by atoms with E-state index < -0.39 is 29.6 Å². The maximum absolute atomic E-state index is 14.4. The predicted octanol–water partition coefficient (Wildman–Crippen LogP) is 7.62. The number of nitrogens with zero attached hydrogens (tertiary/aromatic N) is 5. The number of nitrogens with two attached hydrogens (primary N) is 1. The number of aromatic amines is 1. The lowest BCUT2D eigenvalue weighted by Crippen LogP contribution is -2.52. The molecule has 14 heteroatoms. The Hall–Kier alpha value is -5.73. The smallest absolute Gasteiger partial charge is 0.284 e. The number of amides is 3. The largest absolute Gasteiger partial charge is 0.490 e. The Balaban J connectivity index is 0.841. The first-order chi connectivity index (χ1) is 29.8. The topological polar surface area (TPSA) is 150 Å². The zero-order valence-electron chi connectivity index (χ0n) is 35.6. The minimum absolute atomic E-state index is 0.0387. The van der Waals surface area contributed by atoms with Crippen LogP contribution >= 0.6 is 0 Å². The number of fused-ring (bicyclic) bond motifs is 4. The van der Waals surface area contributed by atoms with Crippen molar-refractivity contribution in [2.45, 2.75) is 83.8 Å². The summed E-state index contributed by atoms with van der Waals surface area (Å²) < 4.78 is 34.8. The molecule has 0 spiro atoms. The molecule has 0 bridgehead atoms. The number of aromatic nitrogens is 3. The van der Waals surface area contributed by atoms with Crippen LogP contribution in [0.25, 0.3) is 38.8 Å². The summed E-state index contributed by atoms with van der Waals surface area (Å²) in [7, 11) is 0. The zero-order chi connectivity index (χ0) is 43.3. The second kappa shape index (κ2) is 16.9. The van der Waals surface area contributed by atoms with Gasteiger partial charge in [-0.2, -0.15) is 0 Å². The normalized spacial score (nSPS) is 20.0. The van der Waals surface area contributed by atoms with Crippen LogP contribution in [0.1, 0.15) is 92.9 Å². The van der Waals surface area contributed by atoms with E-state index in [1.807, 2.05) is 25.1 Å². The summed E-state index contributed by atoms with van der Waals surface area (Å²) in [4.78, 5) is 56.4. The third-order valence-electron chi connectivity index (χ3n) is 13.0. The standard InChI is InChI=1S/C48H54F2N8O4/c1-28(2)24-48(3,51)27-62-40-10-8-37(53-43(40)44(49)50)35-12-17-52-45-42(35)36-23-31(4-7-38(36)54-45)30-15-18-56(19-16-30)25-29-13-20-57(21-14-29)33-5-6-34-32(22-33)26-58(47(34)61)39-9-11-41(59)55-46(39)60/h4-8,10,12,15,17,22-23,28-29,39,44H,9,11,13-14,16,18-21,24-27,51H2,1-3H3,(H,52,54)(H,55,59,60)/t39?,48-/m0/s1. The first-order valence-electron chi connectivity index (χ1n) is 21.9. The number of pyridine rings is 2. The van der Waals surface area contributed by atoms with E-state index in [4.69, 9.17) is 10.5 Å². The number of H-pyrrole nitrogens is 1. The number of rotatable bonds is 12. The van der Waals surface area contributed by atoms with Gasteiger partial charge in [-0.15, -0.1) is 0 Å². The van der Waals surface area contributed by atoms with E-state index >= 15 is 0 Å². The van der Waals surface area contributed by atoms with Crippen LogP contribution in [-0.4, -0.2) is 93.4 Å². The molecular weight excluding hydrogens is 791 g/mol. The summed E-state index contributed by atoms with van der Waals surface area (Å²) in [5, 5.41) is 4.18. The van der Waals surface area contributed by atoms with Crippen LogP contribution in [-0.2, 0) is 16.1 Å². The summed E-state index contributed by atoms with van der Waals surface area (Å²) in [5.41, 5.74) is 13.1. The van der Waals surface area contributed by atoms with E-state index in [2.05, 4.69) is 74.3 Å². The van der Waals surface area contributed by atoms with Gasteiger partial charge >= 0.3 is 0 Å². The first kappa shape index (κ1) is 41.6. The van der Waals surface area contributed by atoms with E-state index in [9.17, 15) is 23.2 Å². The average molecular weight is 845 g/mol. The molecule has 0 saturated carbocycles. The molecule has 5 aromatic rings. The molecule has 2 saturated heterocycles. The molecule has 4 aliphatic heterocycles. The highest BCUT2D eigenvalue weighted by molar-refractivity contribution is 6.13. The SMILES string of the molecule is CC(C)C[C@](C)(N)COc1ccc(-c2ccnc3[nH]c4ccc(C5=CCN(CC6CCN(c7ccc8c(c7)CN(C7CCC(=O)NC7=O)C8=O)CC6)CC5)cc4c23)nc1C(F)F. The number of imide groups is 1. The molecule has 2 fully saturated rings. The number of ether oxygens (including phenoxy) is 1. The van der Waals surface area contributed by atoms with E-state index in [0.717, 1.165) is 85.1 Å². The predicted molar refractivity (Wildman–Crippen MR) is 236 cm³/mol. The van der Waals surface area contributed by atoms with Crippen molar-refractivity contribution in [2.75, 3.05) is 44.2 Å². The summed E-state index contributed by atoms with van der Waals surface area (Å²) >= 11 is 0. The van der Waals surface area contributed by atoms with Gasteiger partial charge in [0.1, 0.15) is 29.7 Å². The number of halogens is 2. The van der Waals surface area contributed by atoms with Gasteiger partial charge in [-0.1, -0.05) is 26.0 Å². The number of alkyl halides is 2. The summed E-state index contributed by atoms with van der Waals surface area (Å²) in [6.45, 7) is 11.2. The Bertz CT molecular complexity index is 2580. The fraction of sp³-hybridized carbons (Fsp3) is 0.438. The van der Waals surface area contributed by atoms with Crippen molar-refractivity contribution in [1.29, 1.82) is 0 Å². The Morgan fingerprint density at radius 2 is 1.79 bits per heavy atom. The van der Waals surface area contributed by atoms with Crippen LogP contribution in [0.3, 0.4) is 0 Å². The number of carbonyl (C=O) groups excluding carboxylic acids is 3. The van der Waals surface area contributed by atoms with Gasteiger partial charge in [-0.05, 0) is 116 Å². The van der Waals surface area contributed by atoms with Crippen LogP contribution < -0.4 is 20.7 Å². The minimum Gasteiger partial charge on any atom is -0.490 e. The van der Waals surface area contributed by atoms with Crippen molar-refractivity contribution < 1.29 is 27.9 Å². The van der Waals surface area contributed by atoms with Crippen molar-refractivity contribution >= 4 is 50.9 Å². The van der Waals surface area contributed by atoms with Crippen molar-refractivity contribution in [2.24, 2.45) is 17.6 Å². The molecule has 12 nitrogen and oxygen atoms in total. The lowest BCUT2D eigenvalue weighted by atomic mass is 9.93. The number of anilines is 1. The van der Waals surface area contributed by atoms with E-state index in [1.165, 1.54) is 5.57 Å². The number of piperidine rings is 2. The molecule has 1 unspecified atom stereocenters. The molecule has 9 rings (SSSR count). The summed E-state index contributed by atoms with van der Waals surface area (Å²) in [5.74, 6) is 0.134. The maximum Gasteiger partial charge on any atom is 0.284 e. The molecule has 3 amide bonds. The molecular formula is C48H54F2N8O4. The molecule has 3 aromatic heterocycles. The third kappa shape index (κ3) is 8.42. The average Bonchev–Trinajstić information content (AvgIpc) is 3.79. The number of nitrogens with one attached hydrogen (secondary N) is 2. The van der Waals surface area contributed by atoms with Gasteiger partial charge in [0.25, 0.3) is 12.3 Å². The van der Waals surface area contributed by atoms with Crippen LogP contribution in [0.2, 0.25) is 0 Å². The summed E-state index contributed by atoms with van der Waals surface area (Å²) in [6.07, 6.45) is 5.54. The van der Waals surface area contributed by atoms with E-state index in [-0.39, 0.29) is 30.6 Å². The van der Waals surface area contributed by atoms with Gasteiger partial charge in [-0.25, -0.2) is 18.7 Å². The molecule has 0 radical (unpaired) electrons. The number of benzene rings is 2. The van der Waals surface area contributed by atoms with Gasteiger partial charge in [-0.3, -0.25) is 24.6 Å². The second-order valence-electron chi connectivity index (χ2n) is 18.3. The Morgan fingerprint density at radius 1 is 0.968 bits per heavy atom. The summed E-state index contributed by atoms with van der Waals surface area (Å²) in [6, 6.07) is 16.9. The fourth-order valence-electron chi connectivity index (χ4n) is 9.99. The molecule has 2 atom stereocenters.